The fourth-order valence-corrected chi connectivity index (χ4v) is 4.20. The molecule has 7 nitrogen and oxygen atoms in total. The summed E-state index contributed by atoms with van der Waals surface area (Å²) >= 11 is 0. The van der Waals surface area contributed by atoms with Gasteiger partial charge in [-0.05, 0) is 50.0 Å². The summed E-state index contributed by atoms with van der Waals surface area (Å²) in [6.07, 6.45) is 2.09. The lowest BCUT2D eigenvalue weighted by Gasteiger charge is -2.21. The van der Waals surface area contributed by atoms with Crippen LogP contribution in [0.25, 0.3) is 0 Å². The maximum atomic E-state index is 12.8. The van der Waals surface area contributed by atoms with Crippen molar-refractivity contribution >= 4 is 11.8 Å². The topological polar surface area (TPSA) is 71.1 Å². The predicted molar refractivity (Wildman–Crippen MR) is 107 cm³/mol. The Hall–Kier alpha value is -2.28. The van der Waals surface area contributed by atoms with Crippen molar-refractivity contribution < 1.29 is 19.1 Å². The summed E-state index contributed by atoms with van der Waals surface area (Å²) in [5.74, 6) is 1.91. The van der Waals surface area contributed by atoms with E-state index in [2.05, 4.69) is 5.32 Å². The Kier molecular flexibility index (Phi) is 6.78. The van der Waals surface area contributed by atoms with Crippen molar-refractivity contribution in [3.63, 3.8) is 0 Å². The SMILES string of the molecule is CNCC1CCN(C(=O)C2CC(=O)N(CCc3ccc(OC)c(OC)c3)C2)C1. The first-order valence-corrected chi connectivity index (χ1v) is 9.97. The van der Waals surface area contributed by atoms with Crippen molar-refractivity contribution in [3.05, 3.63) is 23.8 Å². The molecule has 7 heteroatoms. The number of methoxy groups -OCH3 is 2. The highest BCUT2D eigenvalue weighted by molar-refractivity contribution is 5.89. The van der Waals surface area contributed by atoms with E-state index < -0.39 is 0 Å². The third kappa shape index (κ3) is 4.58. The normalized spacial score (nSPS) is 22.0. The number of rotatable bonds is 8. The molecule has 0 aliphatic carbocycles. The van der Waals surface area contributed by atoms with Gasteiger partial charge in [0.05, 0.1) is 20.1 Å². The maximum absolute atomic E-state index is 12.8. The highest BCUT2D eigenvalue weighted by atomic mass is 16.5. The molecule has 2 heterocycles. The first-order valence-electron chi connectivity index (χ1n) is 9.97. The third-order valence-electron chi connectivity index (χ3n) is 5.77. The molecule has 1 N–H and O–H groups in total. The molecule has 0 spiro atoms. The average molecular weight is 389 g/mol. The van der Waals surface area contributed by atoms with E-state index in [1.165, 1.54) is 0 Å². The number of ether oxygens (including phenoxy) is 2. The minimum Gasteiger partial charge on any atom is -0.493 e. The number of hydrogen-bond acceptors (Lipinski definition) is 5. The molecule has 2 unspecified atom stereocenters. The first kappa shape index (κ1) is 20.5. The average Bonchev–Trinajstić information content (AvgIpc) is 3.32. The molecule has 2 fully saturated rings. The van der Waals surface area contributed by atoms with Crippen LogP contribution in [0.3, 0.4) is 0 Å². The standard InChI is InChI=1S/C21H31N3O4/c1-22-12-16-7-9-24(13-16)21(26)17-11-20(25)23(14-17)8-6-15-4-5-18(27-2)19(10-15)28-3/h4-5,10,16-17,22H,6-9,11-14H2,1-3H3. The lowest BCUT2D eigenvalue weighted by Crippen LogP contribution is -2.36. The highest BCUT2D eigenvalue weighted by Gasteiger charge is 2.38. The highest BCUT2D eigenvalue weighted by Crippen LogP contribution is 2.28. The van der Waals surface area contributed by atoms with Gasteiger partial charge in [-0.25, -0.2) is 0 Å². The summed E-state index contributed by atoms with van der Waals surface area (Å²) in [5, 5.41) is 3.18. The van der Waals surface area contributed by atoms with E-state index in [9.17, 15) is 9.59 Å². The van der Waals surface area contributed by atoms with Gasteiger partial charge in [0, 0.05) is 32.6 Å². The number of hydrogen-bond donors (Lipinski definition) is 1. The smallest absolute Gasteiger partial charge is 0.228 e. The van der Waals surface area contributed by atoms with Crippen molar-refractivity contribution in [2.75, 3.05) is 54.0 Å². The van der Waals surface area contributed by atoms with Crippen LogP contribution in [0.5, 0.6) is 11.5 Å². The zero-order valence-electron chi connectivity index (χ0n) is 17.1. The summed E-state index contributed by atoms with van der Waals surface area (Å²) in [7, 11) is 5.16. The van der Waals surface area contributed by atoms with Crippen LogP contribution in [0.2, 0.25) is 0 Å². The molecule has 28 heavy (non-hydrogen) atoms. The number of nitrogens with zero attached hydrogens (tertiary/aromatic N) is 2. The Bertz CT molecular complexity index is 709. The first-order chi connectivity index (χ1) is 13.5. The molecule has 1 aromatic rings. The van der Waals surface area contributed by atoms with E-state index in [0.717, 1.165) is 38.0 Å². The zero-order valence-corrected chi connectivity index (χ0v) is 17.1. The van der Waals surface area contributed by atoms with Gasteiger partial charge in [0.15, 0.2) is 11.5 Å². The van der Waals surface area contributed by atoms with Crippen LogP contribution in [0.4, 0.5) is 0 Å². The minimum atomic E-state index is -0.203. The summed E-state index contributed by atoms with van der Waals surface area (Å²) in [4.78, 5) is 29.0. The summed E-state index contributed by atoms with van der Waals surface area (Å²) in [5.41, 5.74) is 1.08. The van der Waals surface area contributed by atoms with Gasteiger partial charge < -0.3 is 24.6 Å². The van der Waals surface area contributed by atoms with E-state index >= 15 is 0 Å². The Morgan fingerprint density at radius 2 is 2.00 bits per heavy atom. The fraction of sp³-hybridized carbons (Fsp3) is 0.619. The molecule has 0 bridgehead atoms. The number of benzene rings is 1. The molecule has 0 saturated carbocycles. The molecule has 2 saturated heterocycles. The second kappa shape index (κ2) is 9.28. The molecule has 2 aliphatic rings. The van der Waals surface area contributed by atoms with Gasteiger partial charge in [0.2, 0.25) is 11.8 Å². The van der Waals surface area contributed by atoms with Crippen LogP contribution in [0.1, 0.15) is 18.4 Å². The van der Waals surface area contributed by atoms with E-state index in [-0.39, 0.29) is 17.7 Å². The van der Waals surface area contributed by atoms with Crippen LogP contribution in [0.15, 0.2) is 18.2 Å². The van der Waals surface area contributed by atoms with E-state index in [4.69, 9.17) is 9.47 Å². The van der Waals surface area contributed by atoms with Gasteiger partial charge in [-0.3, -0.25) is 9.59 Å². The number of nitrogens with one attached hydrogen (secondary N) is 1. The molecule has 0 aromatic heterocycles. The lowest BCUT2D eigenvalue weighted by atomic mass is 10.1. The van der Waals surface area contributed by atoms with Crippen LogP contribution in [-0.4, -0.2) is 75.6 Å². The molecule has 3 rings (SSSR count). The van der Waals surface area contributed by atoms with Crippen LogP contribution in [0, 0.1) is 11.8 Å². The second-order valence-corrected chi connectivity index (χ2v) is 7.68. The van der Waals surface area contributed by atoms with Gasteiger partial charge >= 0.3 is 0 Å². The van der Waals surface area contributed by atoms with Gasteiger partial charge in [0.1, 0.15) is 0 Å². The molecule has 2 aliphatic heterocycles. The Labute approximate surface area is 167 Å². The van der Waals surface area contributed by atoms with Gasteiger partial charge in [-0.2, -0.15) is 0 Å². The van der Waals surface area contributed by atoms with Crippen molar-refractivity contribution in [1.29, 1.82) is 0 Å². The van der Waals surface area contributed by atoms with Crippen molar-refractivity contribution in [2.24, 2.45) is 11.8 Å². The van der Waals surface area contributed by atoms with Crippen LogP contribution >= 0.6 is 0 Å². The van der Waals surface area contributed by atoms with Crippen molar-refractivity contribution in [1.82, 2.24) is 15.1 Å². The largest absolute Gasteiger partial charge is 0.493 e. The van der Waals surface area contributed by atoms with Gasteiger partial charge in [-0.1, -0.05) is 6.07 Å². The molecule has 2 atom stereocenters. The molecule has 154 valence electrons. The third-order valence-corrected chi connectivity index (χ3v) is 5.77. The van der Waals surface area contributed by atoms with Crippen LogP contribution < -0.4 is 14.8 Å². The molecule has 1 aromatic carbocycles. The van der Waals surface area contributed by atoms with Crippen molar-refractivity contribution in [3.8, 4) is 11.5 Å². The Balaban J connectivity index is 1.53. The predicted octanol–water partition coefficient (Wildman–Crippen LogP) is 1.16. The van der Waals surface area contributed by atoms with Crippen molar-refractivity contribution in [2.45, 2.75) is 19.3 Å². The zero-order chi connectivity index (χ0) is 20.1. The molecular weight excluding hydrogens is 358 g/mol. The number of likely N-dealkylation sites (tertiary alicyclic amines) is 2. The van der Waals surface area contributed by atoms with E-state index in [1.54, 1.807) is 14.2 Å². The van der Waals surface area contributed by atoms with E-state index in [1.807, 2.05) is 35.0 Å². The fourth-order valence-electron chi connectivity index (χ4n) is 4.20. The minimum absolute atomic E-state index is 0.0739. The van der Waals surface area contributed by atoms with E-state index in [0.29, 0.717) is 36.9 Å². The maximum Gasteiger partial charge on any atom is 0.228 e. The second-order valence-electron chi connectivity index (χ2n) is 7.68. The summed E-state index contributed by atoms with van der Waals surface area (Å²) in [6.45, 7) is 3.68. The number of carbonyl (C=O) groups is 2. The Morgan fingerprint density at radius 3 is 2.71 bits per heavy atom. The monoisotopic (exact) mass is 389 g/mol. The Morgan fingerprint density at radius 1 is 1.21 bits per heavy atom. The van der Waals surface area contributed by atoms with Gasteiger partial charge in [-0.15, -0.1) is 0 Å². The van der Waals surface area contributed by atoms with Gasteiger partial charge in [0.25, 0.3) is 0 Å². The molecule has 0 radical (unpaired) electrons. The number of carbonyl (C=O) groups excluding carboxylic acids is 2. The molecular formula is C21H31N3O4. The lowest BCUT2D eigenvalue weighted by molar-refractivity contribution is -0.135. The van der Waals surface area contributed by atoms with Crippen LogP contribution in [-0.2, 0) is 16.0 Å². The molecule has 2 amide bonds. The quantitative estimate of drug-likeness (QED) is 0.723. The summed E-state index contributed by atoms with van der Waals surface area (Å²) in [6, 6.07) is 5.80. The number of amides is 2. The summed E-state index contributed by atoms with van der Waals surface area (Å²) < 4.78 is 10.6.